The molecule has 0 radical (unpaired) electrons. The Morgan fingerprint density at radius 3 is 2.40 bits per heavy atom. The summed E-state index contributed by atoms with van der Waals surface area (Å²) in [5.41, 5.74) is -0.866. The van der Waals surface area contributed by atoms with Crippen molar-refractivity contribution in [3.63, 3.8) is 0 Å². The number of pyridine rings is 1. The van der Waals surface area contributed by atoms with Crippen molar-refractivity contribution in [3.8, 4) is 5.75 Å². The summed E-state index contributed by atoms with van der Waals surface area (Å²) in [6.45, 7) is 0. The Morgan fingerprint density at radius 1 is 1.33 bits per heavy atom. The summed E-state index contributed by atoms with van der Waals surface area (Å²) in [5, 5.41) is 0. The molecule has 0 aliphatic rings. The predicted octanol–water partition coefficient (Wildman–Crippen LogP) is 3.68. The van der Waals surface area contributed by atoms with E-state index < -0.39 is 28.7 Å². The number of alkyl halides is 5. The van der Waals surface area contributed by atoms with Gasteiger partial charge in [-0.05, 0) is 22.0 Å². The minimum Gasteiger partial charge on any atom is -0.402 e. The zero-order valence-electron chi connectivity index (χ0n) is 6.86. The fourth-order valence-corrected chi connectivity index (χ4v) is 1.25. The van der Waals surface area contributed by atoms with Crippen molar-refractivity contribution < 1.29 is 26.7 Å². The Balaban J connectivity index is 3.14. The maximum absolute atomic E-state index is 12.3. The zero-order valence-corrected chi connectivity index (χ0v) is 8.44. The lowest BCUT2D eigenvalue weighted by Crippen LogP contribution is -2.18. The van der Waals surface area contributed by atoms with Gasteiger partial charge in [-0.15, -0.1) is 13.2 Å². The van der Waals surface area contributed by atoms with Crippen LogP contribution in [0.5, 0.6) is 5.75 Å². The van der Waals surface area contributed by atoms with Gasteiger partial charge in [0.25, 0.3) is 6.43 Å². The minimum absolute atomic E-state index is 0.419. The van der Waals surface area contributed by atoms with Gasteiger partial charge >= 0.3 is 6.36 Å². The molecule has 0 amide bonds. The summed E-state index contributed by atoms with van der Waals surface area (Å²) in [5.74, 6) is -1.01. The van der Waals surface area contributed by atoms with Crippen molar-refractivity contribution in [2.75, 3.05) is 0 Å². The Kier molecular flexibility index (Phi) is 3.48. The summed E-state index contributed by atoms with van der Waals surface area (Å²) in [4.78, 5) is 3.36. The summed E-state index contributed by atoms with van der Waals surface area (Å²) >= 11 is 2.60. The first-order valence-corrected chi connectivity index (χ1v) is 4.29. The number of rotatable bonds is 2. The van der Waals surface area contributed by atoms with Crippen LogP contribution in [0, 0.1) is 0 Å². The second-order valence-corrected chi connectivity index (χ2v) is 3.12. The topological polar surface area (TPSA) is 22.1 Å². The number of ether oxygens (including phenoxy) is 1. The van der Waals surface area contributed by atoms with Crippen LogP contribution in [-0.4, -0.2) is 11.3 Å². The molecule has 0 aromatic carbocycles. The predicted molar refractivity (Wildman–Crippen MR) is 43.6 cm³/mol. The number of hydrogen-bond donors (Lipinski definition) is 0. The molecule has 0 fully saturated rings. The van der Waals surface area contributed by atoms with Crippen molar-refractivity contribution in [2.45, 2.75) is 12.8 Å². The van der Waals surface area contributed by atoms with E-state index in [0.717, 1.165) is 12.3 Å². The normalized spacial score (nSPS) is 11.9. The fourth-order valence-electron chi connectivity index (χ4n) is 0.825. The van der Waals surface area contributed by atoms with Gasteiger partial charge in [0.1, 0.15) is 4.60 Å². The summed E-state index contributed by atoms with van der Waals surface area (Å²) in [6, 6.07) is 0.760. The highest BCUT2D eigenvalue weighted by molar-refractivity contribution is 9.10. The second-order valence-electron chi connectivity index (χ2n) is 2.37. The lowest BCUT2D eigenvalue weighted by atomic mass is 10.2. The van der Waals surface area contributed by atoms with E-state index in [1.54, 1.807) is 0 Å². The Hall–Kier alpha value is -0.920. The highest BCUT2D eigenvalue weighted by atomic mass is 79.9. The number of nitrogens with zero attached hydrogens (tertiary/aromatic N) is 1. The third-order valence-corrected chi connectivity index (χ3v) is 1.91. The molecular formula is C7H3BrF5NO. The maximum atomic E-state index is 12.3. The summed E-state index contributed by atoms with van der Waals surface area (Å²) < 4.78 is 63.1. The average molecular weight is 292 g/mol. The first kappa shape index (κ1) is 12.2. The largest absolute Gasteiger partial charge is 0.573 e. The maximum Gasteiger partial charge on any atom is 0.573 e. The third-order valence-electron chi connectivity index (χ3n) is 1.34. The molecule has 1 aromatic heterocycles. The molecule has 0 saturated heterocycles. The summed E-state index contributed by atoms with van der Waals surface area (Å²) in [6.07, 6.45) is -7.15. The van der Waals surface area contributed by atoms with Gasteiger partial charge in [0.2, 0.25) is 0 Å². The van der Waals surface area contributed by atoms with Gasteiger partial charge in [-0.1, -0.05) is 0 Å². The molecule has 0 N–H and O–H groups in total. The highest BCUT2D eigenvalue weighted by Crippen LogP contribution is 2.36. The minimum atomic E-state index is -5.03. The first-order chi connectivity index (χ1) is 6.81. The molecule has 0 saturated carbocycles. The molecule has 2 nitrogen and oxygen atoms in total. The van der Waals surface area contributed by atoms with Crippen LogP contribution in [0.15, 0.2) is 16.9 Å². The smallest absolute Gasteiger partial charge is 0.402 e. The van der Waals surface area contributed by atoms with Crippen molar-refractivity contribution in [1.29, 1.82) is 0 Å². The zero-order chi connectivity index (χ0) is 11.6. The van der Waals surface area contributed by atoms with Crippen LogP contribution in [0.4, 0.5) is 22.0 Å². The van der Waals surface area contributed by atoms with Crippen LogP contribution in [-0.2, 0) is 0 Å². The molecule has 1 rings (SSSR count). The Labute approximate surface area is 89.2 Å². The van der Waals surface area contributed by atoms with E-state index >= 15 is 0 Å². The van der Waals surface area contributed by atoms with E-state index in [0.29, 0.717) is 0 Å². The van der Waals surface area contributed by atoms with Crippen molar-refractivity contribution in [2.24, 2.45) is 0 Å². The SMILES string of the molecule is FC(F)c1ccnc(Br)c1OC(F)(F)F. The van der Waals surface area contributed by atoms with Gasteiger partial charge in [0.15, 0.2) is 5.75 Å². The molecule has 0 atom stereocenters. The molecule has 0 spiro atoms. The van der Waals surface area contributed by atoms with Crippen LogP contribution in [0.25, 0.3) is 0 Å². The monoisotopic (exact) mass is 291 g/mol. The van der Waals surface area contributed by atoms with E-state index in [1.807, 2.05) is 0 Å². The first-order valence-electron chi connectivity index (χ1n) is 3.49. The molecule has 0 unspecified atom stereocenters. The van der Waals surface area contributed by atoms with Crippen molar-refractivity contribution in [1.82, 2.24) is 4.98 Å². The molecule has 15 heavy (non-hydrogen) atoms. The standard InChI is InChI=1S/C7H3BrF5NO/c8-5-4(15-7(11,12)13)3(6(9)10)1-2-14-5/h1-2,6H. The van der Waals surface area contributed by atoms with E-state index in [9.17, 15) is 22.0 Å². The van der Waals surface area contributed by atoms with Crippen molar-refractivity contribution in [3.05, 3.63) is 22.4 Å². The number of aromatic nitrogens is 1. The van der Waals surface area contributed by atoms with Gasteiger partial charge in [-0.3, -0.25) is 0 Å². The fraction of sp³-hybridized carbons (Fsp3) is 0.286. The van der Waals surface area contributed by atoms with Gasteiger partial charge in [0.05, 0.1) is 5.56 Å². The van der Waals surface area contributed by atoms with Gasteiger partial charge in [-0.2, -0.15) is 0 Å². The lowest BCUT2D eigenvalue weighted by Gasteiger charge is -2.13. The molecule has 84 valence electrons. The van der Waals surface area contributed by atoms with Crippen LogP contribution in [0.1, 0.15) is 12.0 Å². The van der Waals surface area contributed by atoms with E-state index in [4.69, 9.17) is 0 Å². The van der Waals surface area contributed by atoms with Crippen LogP contribution >= 0.6 is 15.9 Å². The van der Waals surface area contributed by atoms with E-state index in [2.05, 4.69) is 25.7 Å². The van der Waals surface area contributed by atoms with Gasteiger partial charge in [0, 0.05) is 6.20 Å². The molecule has 0 aliphatic heterocycles. The highest BCUT2D eigenvalue weighted by Gasteiger charge is 2.34. The Bertz CT molecular complexity index is 354. The number of halogens is 6. The molecule has 0 bridgehead atoms. The lowest BCUT2D eigenvalue weighted by molar-refractivity contribution is -0.275. The van der Waals surface area contributed by atoms with Crippen LogP contribution < -0.4 is 4.74 Å². The third kappa shape index (κ3) is 3.29. The van der Waals surface area contributed by atoms with E-state index in [1.165, 1.54) is 0 Å². The molecule has 1 heterocycles. The molecule has 0 aliphatic carbocycles. The second kappa shape index (κ2) is 4.30. The van der Waals surface area contributed by atoms with Crippen LogP contribution in [0.2, 0.25) is 0 Å². The van der Waals surface area contributed by atoms with E-state index in [-0.39, 0.29) is 0 Å². The summed E-state index contributed by atoms with van der Waals surface area (Å²) in [7, 11) is 0. The quantitative estimate of drug-likeness (QED) is 0.612. The molecular weight excluding hydrogens is 289 g/mol. The van der Waals surface area contributed by atoms with Crippen molar-refractivity contribution >= 4 is 15.9 Å². The molecule has 8 heteroatoms. The number of hydrogen-bond acceptors (Lipinski definition) is 2. The molecule has 1 aromatic rings. The van der Waals surface area contributed by atoms with Crippen LogP contribution in [0.3, 0.4) is 0 Å². The Morgan fingerprint density at radius 2 is 1.93 bits per heavy atom. The van der Waals surface area contributed by atoms with Gasteiger partial charge < -0.3 is 4.74 Å². The van der Waals surface area contributed by atoms with Gasteiger partial charge in [-0.25, -0.2) is 13.8 Å². The average Bonchev–Trinajstić information content (AvgIpc) is 2.05.